The van der Waals surface area contributed by atoms with Crippen molar-refractivity contribution in [3.8, 4) is 11.4 Å². The molecule has 6 nitrogen and oxygen atoms in total. The summed E-state index contributed by atoms with van der Waals surface area (Å²) in [5.74, 6) is 2.37. The molecule has 0 N–H and O–H groups in total. The number of rotatable bonds is 8. The first-order valence-electron chi connectivity index (χ1n) is 10.5. The highest BCUT2D eigenvalue weighted by atomic mass is 35.5. The highest BCUT2D eigenvalue weighted by Gasteiger charge is 2.18. The molecule has 5 rings (SSSR count). The Morgan fingerprint density at radius 3 is 2.15 bits per heavy atom. The molecule has 0 fully saturated rings. The predicted molar refractivity (Wildman–Crippen MR) is 129 cm³/mol. The van der Waals surface area contributed by atoms with E-state index in [0.29, 0.717) is 35.5 Å². The van der Waals surface area contributed by atoms with Gasteiger partial charge in [-0.15, -0.1) is 20.4 Å². The van der Waals surface area contributed by atoms with Crippen molar-refractivity contribution < 1.29 is 4.42 Å². The molecule has 0 unspecified atom stereocenters. The average molecular weight is 474 g/mol. The lowest BCUT2D eigenvalue weighted by atomic mass is 10.2. The molecule has 0 aliphatic carbocycles. The third-order valence-corrected chi connectivity index (χ3v) is 6.33. The first-order valence-corrected chi connectivity index (χ1v) is 11.8. The number of benzene rings is 3. The van der Waals surface area contributed by atoms with Crippen LogP contribution in [0.4, 0.5) is 0 Å². The molecular weight excluding hydrogens is 454 g/mol. The SMILES string of the molecule is Clc1ccccc1-c1nnc(SCc2nnc(Cc3ccccc3)o2)n1Cc1ccccc1. The van der Waals surface area contributed by atoms with E-state index in [0.717, 1.165) is 27.7 Å². The fourth-order valence-electron chi connectivity index (χ4n) is 3.46. The highest BCUT2D eigenvalue weighted by Crippen LogP contribution is 2.31. The molecule has 0 spiro atoms. The van der Waals surface area contributed by atoms with Crippen molar-refractivity contribution in [2.45, 2.75) is 23.9 Å². The minimum absolute atomic E-state index is 0.497. The van der Waals surface area contributed by atoms with Crippen LogP contribution in [0, 0.1) is 0 Å². The molecule has 0 aliphatic rings. The van der Waals surface area contributed by atoms with Crippen molar-refractivity contribution in [3.63, 3.8) is 0 Å². The van der Waals surface area contributed by atoms with Crippen LogP contribution in [-0.4, -0.2) is 25.0 Å². The summed E-state index contributed by atoms with van der Waals surface area (Å²) in [6, 6.07) is 27.9. The van der Waals surface area contributed by atoms with Gasteiger partial charge in [0.1, 0.15) is 0 Å². The van der Waals surface area contributed by atoms with Gasteiger partial charge in [0.05, 0.1) is 23.7 Å². The Morgan fingerprint density at radius 1 is 0.727 bits per heavy atom. The lowest BCUT2D eigenvalue weighted by Crippen LogP contribution is -2.04. The van der Waals surface area contributed by atoms with Crippen LogP contribution in [0.15, 0.2) is 94.5 Å². The highest BCUT2D eigenvalue weighted by molar-refractivity contribution is 7.98. The summed E-state index contributed by atoms with van der Waals surface area (Å²) in [6.07, 6.45) is 0.610. The second-order valence-electron chi connectivity index (χ2n) is 7.40. The molecule has 0 radical (unpaired) electrons. The van der Waals surface area contributed by atoms with Crippen LogP contribution in [0.5, 0.6) is 0 Å². The van der Waals surface area contributed by atoms with Crippen molar-refractivity contribution >= 4 is 23.4 Å². The molecule has 33 heavy (non-hydrogen) atoms. The third-order valence-electron chi connectivity index (χ3n) is 5.05. The van der Waals surface area contributed by atoms with Gasteiger partial charge in [-0.3, -0.25) is 4.57 Å². The lowest BCUT2D eigenvalue weighted by molar-refractivity contribution is 0.474. The van der Waals surface area contributed by atoms with E-state index >= 15 is 0 Å². The van der Waals surface area contributed by atoms with Crippen LogP contribution in [0.25, 0.3) is 11.4 Å². The Kier molecular flexibility index (Phi) is 6.51. The van der Waals surface area contributed by atoms with Crippen molar-refractivity contribution in [1.82, 2.24) is 25.0 Å². The number of aromatic nitrogens is 5. The zero-order valence-corrected chi connectivity index (χ0v) is 19.2. The minimum Gasteiger partial charge on any atom is -0.424 e. The summed E-state index contributed by atoms with van der Waals surface area (Å²) in [5.41, 5.74) is 3.13. The molecule has 2 heterocycles. The average Bonchev–Trinajstić information content (AvgIpc) is 3.46. The van der Waals surface area contributed by atoms with Gasteiger partial charge in [0.15, 0.2) is 11.0 Å². The van der Waals surface area contributed by atoms with Crippen LogP contribution < -0.4 is 0 Å². The van der Waals surface area contributed by atoms with E-state index in [-0.39, 0.29) is 0 Å². The molecule has 3 aromatic carbocycles. The molecule has 0 saturated carbocycles. The summed E-state index contributed by atoms with van der Waals surface area (Å²) < 4.78 is 7.93. The van der Waals surface area contributed by atoms with Crippen LogP contribution in [-0.2, 0) is 18.7 Å². The number of hydrogen-bond acceptors (Lipinski definition) is 6. The Balaban J connectivity index is 1.37. The Hall–Kier alpha value is -3.42. The van der Waals surface area contributed by atoms with Gasteiger partial charge in [-0.1, -0.05) is 96.2 Å². The van der Waals surface area contributed by atoms with Crippen molar-refractivity contribution in [2.75, 3.05) is 0 Å². The van der Waals surface area contributed by atoms with Gasteiger partial charge in [0.2, 0.25) is 11.8 Å². The van der Waals surface area contributed by atoms with E-state index in [1.54, 1.807) is 0 Å². The van der Waals surface area contributed by atoms with Crippen LogP contribution in [0.1, 0.15) is 22.9 Å². The molecule has 0 amide bonds. The van der Waals surface area contributed by atoms with Gasteiger partial charge in [-0.05, 0) is 23.3 Å². The molecule has 2 aromatic heterocycles. The van der Waals surface area contributed by atoms with E-state index in [1.807, 2.05) is 72.8 Å². The van der Waals surface area contributed by atoms with E-state index in [9.17, 15) is 0 Å². The van der Waals surface area contributed by atoms with E-state index < -0.39 is 0 Å². The van der Waals surface area contributed by atoms with Crippen molar-refractivity contribution in [1.29, 1.82) is 0 Å². The normalized spacial score (nSPS) is 11.1. The number of nitrogens with zero attached hydrogens (tertiary/aromatic N) is 5. The molecule has 164 valence electrons. The first kappa shape index (κ1) is 21.4. The smallest absolute Gasteiger partial charge is 0.226 e. The van der Waals surface area contributed by atoms with E-state index in [2.05, 4.69) is 37.1 Å². The quantitative estimate of drug-likeness (QED) is 0.261. The summed E-state index contributed by atoms with van der Waals surface area (Å²) in [4.78, 5) is 0. The van der Waals surface area contributed by atoms with Gasteiger partial charge < -0.3 is 4.42 Å². The predicted octanol–water partition coefficient (Wildman–Crippen LogP) is 5.91. The third kappa shape index (κ3) is 5.16. The maximum Gasteiger partial charge on any atom is 0.226 e. The Bertz CT molecular complexity index is 1340. The molecule has 0 atom stereocenters. The topological polar surface area (TPSA) is 69.6 Å². The lowest BCUT2D eigenvalue weighted by Gasteiger charge is -2.11. The minimum atomic E-state index is 0.497. The van der Waals surface area contributed by atoms with Gasteiger partial charge >= 0.3 is 0 Å². The maximum absolute atomic E-state index is 6.46. The second kappa shape index (κ2) is 10.0. The molecule has 5 aromatic rings. The maximum atomic E-state index is 6.46. The standard InChI is InChI=1S/C25H20ClN5OS/c26-21-14-8-7-13-20(21)24-29-30-25(31(24)16-19-11-5-2-6-12-19)33-17-23-28-27-22(32-23)15-18-9-3-1-4-10-18/h1-14H,15-17H2. The fourth-order valence-corrected chi connectivity index (χ4v) is 4.46. The number of thioether (sulfide) groups is 1. The molecule has 0 bridgehead atoms. The zero-order valence-electron chi connectivity index (χ0n) is 17.6. The zero-order chi connectivity index (χ0) is 22.5. The molecule has 8 heteroatoms. The Labute approximate surface area is 200 Å². The summed E-state index contributed by atoms with van der Waals surface area (Å²) in [7, 11) is 0. The largest absolute Gasteiger partial charge is 0.424 e. The summed E-state index contributed by atoms with van der Waals surface area (Å²) in [5, 5.41) is 18.7. The fraction of sp³-hybridized carbons (Fsp3) is 0.120. The van der Waals surface area contributed by atoms with Gasteiger partial charge in [0.25, 0.3) is 0 Å². The summed E-state index contributed by atoms with van der Waals surface area (Å²) >= 11 is 7.97. The summed E-state index contributed by atoms with van der Waals surface area (Å²) in [6.45, 7) is 0.625. The van der Waals surface area contributed by atoms with Crippen LogP contribution in [0.3, 0.4) is 0 Å². The van der Waals surface area contributed by atoms with E-state index in [1.165, 1.54) is 11.8 Å². The van der Waals surface area contributed by atoms with Crippen LogP contribution >= 0.6 is 23.4 Å². The molecule has 0 saturated heterocycles. The second-order valence-corrected chi connectivity index (χ2v) is 8.75. The van der Waals surface area contributed by atoms with Crippen molar-refractivity contribution in [3.05, 3.63) is 113 Å². The van der Waals surface area contributed by atoms with Gasteiger partial charge in [-0.2, -0.15) is 0 Å². The van der Waals surface area contributed by atoms with Gasteiger partial charge in [-0.25, -0.2) is 0 Å². The van der Waals surface area contributed by atoms with Gasteiger partial charge in [0, 0.05) is 5.56 Å². The number of hydrogen-bond donors (Lipinski definition) is 0. The monoisotopic (exact) mass is 473 g/mol. The first-order chi connectivity index (χ1) is 16.3. The van der Waals surface area contributed by atoms with Crippen molar-refractivity contribution in [2.24, 2.45) is 0 Å². The van der Waals surface area contributed by atoms with Crippen LogP contribution in [0.2, 0.25) is 5.02 Å². The number of halogens is 1. The van der Waals surface area contributed by atoms with E-state index in [4.69, 9.17) is 16.0 Å². The Morgan fingerprint density at radius 2 is 1.39 bits per heavy atom. The molecular formula is C25H20ClN5OS. The molecule has 0 aliphatic heterocycles.